The van der Waals surface area contributed by atoms with Crippen LogP contribution < -0.4 is 5.43 Å². The largest absolute Gasteiger partial charge is 0.273 e. The zero-order valence-corrected chi connectivity index (χ0v) is 11.9. The highest BCUT2D eigenvalue weighted by Gasteiger charge is 2.59. The van der Waals surface area contributed by atoms with Crippen LogP contribution in [0.4, 0.5) is 0 Å². The predicted molar refractivity (Wildman–Crippen MR) is 77.9 cm³/mol. The molecule has 1 aromatic carbocycles. The highest BCUT2D eigenvalue weighted by Crippen LogP contribution is 2.52. The molecule has 22 heavy (non-hydrogen) atoms. The highest BCUT2D eigenvalue weighted by atomic mass is 16.2. The molecule has 3 amide bonds. The van der Waals surface area contributed by atoms with Gasteiger partial charge in [-0.15, -0.1) is 0 Å². The van der Waals surface area contributed by atoms with E-state index in [2.05, 4.69) is 5.43 Å². The lowest BCUT2D eigenvalue weighted by atomic mass is 9.85. The number of hydrazine groups is 1. The molecular weight excluding hydrogens is 280 g/mol. The normalized spacial score (nSPS) is 31.7. The van der Waals surface area contributed by atoms with Crippen LogP contribution in [-0.4, -0.2) is 22.7 Å². The van der Waals surface area contributed by atoms with E-state index in [0.717, 1.165) is 17.0 Å². The molecule has 4 atom stereocenters. The van der Waals surface area contributed by atoms with Crippen molar-refractivity contribution >= 4 is 17.7 Å². The maximum absolute atomic E-state index is 12.4. The molecule has 0 radical (unpaired) electrons. The maximum Gasteiger partial charge on any atom is 0.252 e. The van der Waals surface area contributed by atoms with Gasteiger partial charge in [0, 0.05) is 0 Å². The van der Waals surface area contributed by atoms with Crippen molar-refractivity contribution in [3.63, 3.8) is 0 Å². The van der Waals surface area contributed by atoms with Gasteiger partial charge in [-0.05, 0) is 23.8 Å². The van der Waals surface area contributed by atoms with Crippen LogP contribution in [0.5, 0.6) is 0 Å². The lowest BCUT2D eigenvalue weighted by molar-refractivity contribution is -0.149. The minimum atomic E-state index is -0.340. The summed E-state index contributed by atoms with van der Waals surface area (Å²) in [5.74, 6) is -1.10. The van der Waals surface area contributed by atoms with Crippen molar-refractivity contribution < 1.29 is 14.4 Å². The standard InChI is InChI=1S/C17H16N2O3/c20-13(8-10-4-2-1-3-5-10)18-19-16(21)14-11-6-7-12(9-11)15(14)17(19)22/h1-7,11-12,14-15H,8-9H2,(H,18,20)/t11-,12-,14-,15+/m0/s1. The van der Waals surface area contributed by atoms with Crippen LogP contribution in [-0.2, 0) is 20.8 Å². The lowest BCUT2D eigenvalue weighted by Crippen LogP contribution is -2.47. The Labute approximate surface area is 128 Å². The lowest BCUT2D eigenvalue weighted by Gasteiger charge is -2.17. The third-order valence-electron chi connectivity index (χ3n) is 4.91. The fourth-order valence-electron chi connectivity index (χ4n) is 3.96. The van der Waals surface area contributed by atoms with E-state index in [1.54, 1.807) is 0 Å². The molecule has 5 nitrogen and oxygen atoms in total. The first kappa shape index (κ1) is 13.2. The first-order valence-corrected chi connectivity index (χ1v) is 7.54. The van der Waals surface area contributed by atoms with Crippen LogP contribution in [0.2, 0.25) is 0 Å². The Kier molecular flexibility index (Phi) is 2.89. The molecule has 112 valence electrons. The van der Waals surface area contributed by atoms with Gasteiger partial charge in [0.15, 0.2) is 0 Å². The number of carbonyl (C=O) groups is 3. The van der Waals surface area contributed by atoms with Crippen molar-refractivity contribution in [1.82, 2.24) is 10.4 Å². The first-order chi connectivity index (χ1) is 10.6. The zero-order valence-electron chi connectivity index (χ0n) is 11.9. The summed E-state index contributed by atoms with van der Waals surface area (Å²) in [5.41, 5.74) is 3.34. The van der Waals surface area contributed by atoms with Gasteiger partial charge in [-0.3, -0.25) is 19.8 Å². The molecule has 2 bridgehead atoms. The monoisotopic (exact) mass is 296 g/mol. The molecule has 4 rings (SSSR count). The van der Waals surface area contributed by atoms with Crippen LogP contribution in [0.1, 0.15) is 12.0 Å². The number of benzene rings is 1. The van der Waals surface area contributed by atoms with E-state index in [-0.39, 0.29) is 47.8 Å². The number of allylic oxidation sites excluding steroid dienone is 2. The highest BCUT2D eigenvalue weighted by molar-refractivity contribution is 6.07. The van der Waals surface area contributed by atoms with Crippen molar-refractivity contribution in [1.29, 1.82) is 0 Å². The van der Waals surface area contributed by atoms with E-state index in [1.165, 1.54) is 0 Å². The molecule has 1 heterocycles. The fourth-order valence-corrected chi connectivity index (χ4v) is 3.96. The Balaban J connectivity index is 1.47. The van der Waals surface area contributed by atoms with Crippen LogP contribution in [0.3, 0.4) is 0 Å². The Bertz CT molecular complexity index is 652. The Morgan fingerprint density at radius 2 is 1.64 bits per heavy atom. The number of imide groups is 1. The van der Waals surface area contributed by atoms with Crippen LogP contribution in [0.25, 0.3) is 0 Å². The molecule has 1 aromatic rings. The van der Waals surface area contributed by atoms with E-state index in [9.17, 15) is 14.4 Å². The van der Waals surface area contributed by atoms with Crippen LogP contribution in [0.15, 0.2) is 42.5 Å². The van der Waals surface area contributed by atoms with E-state index in [1.807, 2.05) is 42.5 Å². The molecule has 1 aliphatic heterocycles. The minimum Gasteiger partial charge on any atom is -0.273 e. The van der Waals surface area contributed by atoms with Crippen molar-refractivity contribution in [2.24, 2.45) is 23.7 Å². The Morgan fingerprint density at radius 3 is 2.23 bits per heavy atom. The molecule has 1 saturated heterocycles. The van der Waals surface area contributed by atoms with E-state index < -0.39 is 0 Å². The summed E-state index contributed by atoms with van der Waals surface area (Å²) in [7, 11) is 0. The van der Waals surface area contributed by atoms with Gasteiger partial charge in [0.1, 0.15) is 0 Å². The molecule has 5 heteroatoms. The summed E-state index contributed by atoms with van der Waals surface area (Å²) in [6.07, 6.45) is 5.11. The van der Waals surface area contributed by atoms with Crippen molar-refractivity contribution in [3.05, 3.63) is 48.0 Å². The number of amides is 3. The molecule has 2 aliphatic carbocycles. The number of rotatable bonds is 3. The summed E-state index contributed by atoms with van der Waals surface area (Å²) in [5, 5.41) is 0.951. The Hall–Kier alpha value is -2.43. The molecule has 3 aliphatic rings. The second-order valence-electron chi connectivity index (χ2n) is 6.21. The van der Waals surface area contributed by atoms with Gasteiger partial charge in [0.25, 0.3) is 11.8 Å². The van der Waals surface area contributed by atoms with Crippen LogP contribution >= 0.6 is 0 Å². The van der Waals surface area contributed by atoms with E-state index in [0.29, 0.717) is 0 Å². The van der Waals surface area contributed by atoms with Gasteiger partial charge < -0.3 is 0 Å². The van der Waals surface area contributed by atoms with E-state index >= 15 is 0 Å². The SMILES string of the molecule is O=C(Cc1ccccc1)NN1C(=O)[C@@H]2[C@H](C1=O)[C@H]1C=C[C@H]2C1. The molecule has 2 fully saturated rings. The first-order valence-electron chi connectivity index (χ1n) is 7.54. The number of carbonyl (C=O) groups excluding carboxylic acids is 3. The predicted octanol–water partition coefficient (Wildman–Crippen LogP) is 1.07. The summed E-state index contributed by atoms with van der Waals surface area (Å²) in [4.78, 5) is 36.9. The minimum absolute atomic E-state index is 0.151. The second kappa shape index (κ2) is 4.80. The smallest absolute Gasteiger partial charge is 0.252 e. The summed E-state index contributed by atoms with van der Waals surface area (Å²) < 4.78 is 0. The molecule has 1 saturated carbocycles. The van der Waals surface area contributed by atoms with Crippen molar-refractivity contribution in [3.8, 4) is 0 Å². The van der Waals surface area contributed by atoms with Gasteiger partial charge in [-0.25, -0.2) is 0 Å². The molecule has 0 spiro atoms. The zero-order chi connectivity index (χ0) is 15.3. The summed E-state index contributed by atoms with van der Waals surface area (Å²) >= 11 is 0. The average molecular weight is 296 g/mol. The quantitative estimate of drug-likeness (QED) is 0.670. The number of hydrogen-bond donors (Lipinski definition) is 1. The van der Waals surface area contributed by atoms with Gasteiger partial charge >= 0.3 is 0 Å². The number of hydrogen-bond acceptors (Lipinski definition) is 3. The third kappa shape index (κ3) is 1.89. The molecule has 1 N–H and O–H groups in total. The number of nitrogens with one attached hydrogen (secondary N) is 1. The maximum atomic E-state index is 12.4. The number of fused-ring (bicyclic) bond motifs is 5. The van der Waals surface area contributed by atoms with Gasteiger partial charge in [-0.1, -0.05) is 42.5 Å². The Morgan fingerprint density at radius 1 is 1.05 bits per heavy atom. The molecule has 0 aromatic heterocycles. The second-order valence-corrected chi connectivity index (χ2v) is 6.21. The van der Waals surface area contributed by atoms with Gasteiger partial charge in [-0.2, -0.15) is 5.01 Å². The van der Waals surface area contributed by atoms with Crippen molar-refractivity contribution in [2.45, 2.75) is 12.8 Å². The fraction of sp³-hybridized carbons (Fsp3) is 0.353. The topological polar surface area (TPSA) is 66.5 Å². The molecular formula is C17H16N2O3. The molecule has 0 unspecified atom stereocenters. The van der Waals surface area contributed by atoms with Gasteiger partial charge in [0.2, 0.25) is 5.91 Å². The van der Waals surface area contributed by atoms with E-state index in [4.69, 9.17) is 0 Å². The number of nitrogens with zero attached hydrogens (tertiary/aromatic N) is 1. The van der Waals surface area contributed by atoms with Crippen molar-refractivity contribution in [2.75, 3.05) is 0 Å². The average Bonchev–Trinajstić information content (AvgIpc) is 3.18. The summed E-state index contributed by atoms with van der Waals surface area (Å²) in [6, 6.07) is 9.25. The summed E-state index contributed by atoms with van der Waals surface area (Å²) in [6.45, 7) is 0. The van der Waals surface area contributed by atoms with Gasteiger partial charge in [0.05, 0.1) is 18.3 Å². The van der Waals surface area contributed by atoms with Crippen LogP contribution in [0, 0.1) is 23.7 Å². The third-order valence-corrected chi connectivity index (χ3v) is 4.91.